The van der Waals surface area contributed by atoms with E-state index in [1.807, 2.05) is 44.2 Å². The molecule has 0 radical (unpaired) electrons. The third-order valence-electron chi connectivity index (χ3n) is 4.43. The molecule has 2 heterocycles. The van der Waals surface area contributed by atoms with Crippen LogP contribution in [0.25, 0.3) is 22.4 Å². The number of hydrogen-bond acceptors (Lipinski definition) is 5. The molecule has 1 amide bonds. The molecule has 3 rings (SSSR count). The first kappa shape index (κ1) is 18.5. The lowest BCUT2D eigenvalue weighted by atomic mass is 10.2. The quantitative estimate of drug-likeness (QED) is 0.727. The van der Waals surface area contributed by atoms with Crippen molar-refractivity contribution in [2.24, 2.45) is 7.05 Å². The molecule has 0 saturated carbocycles. The zero-order chi connectivity index (χ0) is 19.6. The van der Waals surface area contributed by atoms with Crippen LogP contribution in [0, 0.1) is 0 Å². The average Bonchev–Trinajstić information content (AvgIpc) is 2.69. The Labute approximate surface area is 155 Å². The van der Waals surface area contributed by atoms with Gasteiger partial charge in [0.25, 0.3) is 5.56 Å². The first-order chi connectivity index (χ1) is 12.9. The van der Waals surface area contributed by atoms with Crippen LogP contribution in [0.15, 0.2) is 46.1 Å². The van der Waals surface area contributed by atoms with Crippen molar-refractivity contribution in [1.29, 1.82) is 0 Å². The zero-order valence-corrected chi connectivity index (χ0v) is 15.5. The maximum absolute atomic E-state index is 12.7. The number of nitrogens with zero attached hydrogens (tertiary/aromatic N) is 4. The van der Waals surface area contributed by atoms with Crippen LogP contribution in [-0.4, -0.2) is 31.1 Å². The fourth-order valence-corrected chi connectivity index (χ4v) is 2.72. The molecule has 140 valence electrons. The summed E-state index contributed by atoms with van der Waals surface area (Å²) in [7, 11) is 1.52. The van der Waals surface area contributed by atoms with Gasteiger partial charge in [-0.1, -0.05) is 37.3 Å². The van der Waals surface area contributed by atoms with Crippen molar-refractivity contribution in [3.8, 4) is 11.4 Å². The van der Waals surface area contributed by atoms with Crippen LogP contribution in [0.5, 0.6) is 0 Å². The van der Waals surface area contributed by atoms with Crippen molar-refractivity contribution in [2.45, 2.75) is 32.9 Å². The van der Waals surface area contributed by atoms with Crippen molar-refractivity contribution < 1.29 is 4.79 Å². The third-order valence-corrected chi connectivity index (χ3v) is 4.43. The van der Waals surface area contributed by atoms with Gasteiger partial charge in [0, 0.05) is 24.8 Å². The monoisotopic (exact) mass is 367 g/mol. The van der Waals surface area contributed by atoms with Gasteiger partial charge in [0.2, 0.25) is 5.91 Å². The van der Waals surface area contributed by atoms with Crippen molar-refractivity contribution >= 4 is 16.9 Å². The molecule has 0 spiro atoms. The van der Waals surface area contributed by atoms with Gasteiger partial charge in [-0.15, -0.1) is 0 Å². The number of nitrogens with one attached hydrogen (secondary N) is 1. The molecule has 0 aliphatic heterocycles. The summed E-state index contributed by atoms with van der Waals surface area (Å²) in [6.45, 7) is 3.46. The first-order valence-corrected chi connectivity index (χ1v) is 8.73. The smallest absolute Gasteiger partial charge is 0.332 e. The van der Waals surface area contributed by atoms with E-state index < -0.39 is 11.2 Å². The Kier molecular flexibility index (Phi) is 5.16. The first-order valence-electron chi connectivity index (χ1n) is 8.73. The van der Waals surface area contributed by atoms with Crippen molar-refractivity contribution in [3.05, 3.63) is 57.4 Å². The fourth-order valence-electron chi connectivity index (χ4n) is 2.72. The number of aryl methyl sites for hydroxylation is 1. The van der Waals surface area contributed by atoms with Crippen LogP contribution in [0.1, 0.15) is 20.3 Å². The minimum absolute atomic E-state index is 0.0331. The van der Waals surface area contributed by atoms with Crippen LogP contribution in [0.4, 0.5) is 0 Å². The van der Waals surface area contributed by atoms with E-state index in [9.17, 15) is 14.4 Å². The molecule has 3 aromatic rings. The maximum Gasteiger partial charge on any atom is 0.332 e. The van der Waals surface area contributed by atoms with Crippen molar-refractivity contribution in [2.75, 3.05) is 0 Å². The molecule has 0 aliphatic rings. The van der Waals surface area contributed by atoms with Gasteiger partial charge in [-0.2, -0.15) is 0 Å². The van der Waals surface area contributed by atoms with E-state index in [4.69, 9.17) is 0 Å². The van der Waals surface area contributed by atoms with Crippen LogP contribution in [-0.2, 0) is 18.4 Å². The van der Waals surface area contributed by atoms with Crippen LogP contribution in [0.3, 0.4) is 0 Å². The Morgan fingerprint density at radius 1 is 1.22 bits per heavy atom. The number of carbonyl (C=O) groups excluding carboxylic acids is 1. The number of fused-ring (bicyclic) bond motifs is 1. The summed E-state index contributed by atoms with van der Waals surface area (Å²) >= 11 is 0. The second kappa shape index (κ2) is 7.53. The predicted octanol–water partition coefficient (Wildman–Crippen LogP) is 1.07. The summed E-state index contributed by atoms with van der Waals surface area (Å²) in [5.41, 5.74) is -0.155. The molecule has 0 aliphatic carbocycles. The van der Waals surface area contributed by atoms with Crippen molar-refractivity contribution in [1.82, 2.24) is 24.4 Å². The summed E-state index contributed by atoms with van der Waals surface area (Å²) in [6.07, 6.45) is 2.15. The molecule has 0 saturated heterocycles. The Hall–Kier alpha value is -3.29. The average molecular weight is 367 g/mol. The largest absolute Gasteiger partial charge is 0.352 e. The number of benzene rings is 1. The number of carbonyl (C=O) groups is 1. The van der Waals surface area contributed by atoms with Gasteiger partial charge in [-0.05, 0) is 13.3 Å². The molecule has 1 aromatic carbocycles. The Balaban J connectivity index is 2.08. The Morgan fingerprint density at radius 2 is 1.93 bits per heavy atom. The van der Waals surface area contributed by atoms with E-state index in [0.29, 0.717) is 5.82 Å². The number of amides is 1. The summed E-state index contributed by atoms with van der Waals surface area (Å²) in [5, 5.41) is 2.94. The second-order valence-electron chi connectivity index (χ2n) is 6.41. The normalized spacial score (nSPS) is 12.1. The predicted molar refractivity (Wildman–Crippen MR) is 102 cm³/mol. The van der Waals surface area contributed by atoms with Gasteiger partial charge >= 0.3 is 5.69 Å². The van der Waals surface area contributed by atoms with Crippen LogP contribution < -0.4 is 16.6 Å². The molecule has 8 nitrogen and oxygen atoms in total. The zero-order valence-electron chi connectivity index (χ0n) is 15.5. The highest BCUT2D eigenvalue weighted by molar-refractivity contribution is 5.78. The summed E-state index contributed by atoms with van der Waals surface area (Å²) < 4.78 is 2.17. The molecule has 1 unspecified atom stereocenters. The van der Waals surface area contributed by atoms with E-state index in [1.165, 1.54) is 17.8 Å². The van der Waals surface area contributed by atoms with Gasteiger partial charge in [0.15, 0.2) is 11.5 Å². The highest BCUT2D eigenvalue weighted by Crippen LogP contribution is 2.15. The highest BCUT2D eigenvalue weighted by atomic mass is 16.2. The van der Waals surface area contributed by atoms with Gasteiger partial charge in [-0.25, -0.2) is 14.8 Å². The van der Waals surface area contributed by atoms with Crippen molar-refractivity contribution in [3.63, 3.8) is 0 Å². The molecule has 0 bridgehead atoms. The standard InChI is InChI=1S/C19H21N5O3/c1-4-12(2)21-15(25)11-24-18(26)14-10-20-16(13-8-6-5-7-9-13)22-17(14)23(3)19(24)27/h5-10,12H,4,11H2,1-3H3,(H,21,25). The van der Waals surface area contributed by atoms with Gasteiger partial charge < -0.3 is 5.32 Å². The van der Waals surface area contributed by atoms with E-state index in [2.05, 4.69) is 15.3 Å². The molecular weight excluding hydrogens is 346 g/mol. The molecule has 0 fully saturated rings. The minimum atomic E-state index is -0.593. The molecule has 1 N–H and O–H groups in total. The minimum Gasteiger partial charge on any atom is -0.352 e. The fraction of sp³-hybridized carbons (Fsp3) is 0.316. The second-order valence-corrected chi connectivity index (χ2v) is 6.41. The number of aromatic nitrogens is 4. The molecule has 2 aromatic heterocycles. The molecule has 8 heteroatoms. The Morgan fingerprint density at radius 3 is 2.59 bits per heavy atom. The summed E-state index contributed by atoms with van der Waals surface area (Å²) in [5.74, 6) is 0.0366. The topological polar surface area (TPSA) is 98.9 Å². The summed E-state index contributed by atoms with van der Waals surface area (Å²) in [6, 6.07) is 9.25. The summed E-state index contributed by atoms with van der Waals surface area (Å²) in [4.78, 5) is 46.1. The molecule has 27 heavy (non-hydrogen) atoms. The maximum atomic E-state index is 12.7. The van der Waals surface area contributed by atoms with E-state index >= 15 is 0 Å². The lowest BCUT2D eigenvalue weighted by molar-refractivity contribution is -0.122. The van der Waals surface area contributed by atoms with Gasteiger partial charge in [-0.3, -0.25) is 18.7 Å². The number of rotatable bonds is 5. The highest BCUT2D eigenvalue weighted by Gasteiger charge is 2.16. The van der Waals surface area contributed by atoms with Crippen LogP contribution >= 0.6 is 0 Å². The molecular formula is C19H21N5O3. The Bertz CT molecular complexity index is 1100. The SMILES string of the molecule is CCC(C)NC(=O)Cn1c(=O)c2cnc(-c3ccccc3)nc2n(C)c1=O. The lowest BCUT2D eigenvalue weighted by Crippen LogP contribution is -2.44. The van der Waals surface area contributed by atoms with E-state index in [-0.39, 0.29) is 29.5 Å². The van der Waals surface area contributed by atoms with E-state index in [0.717, 1.165) is 16.6 Å². The van der Waals surface area contributed by atoms with Gasteiger partial charge in [0.1, 0.15) is 11.9 Å². The van der Waals surface area contributed by atoms with Crippen LogP contribution in [0.2, 0.25) is 0 Å². The van der Waals surface area contributed by atoms with Gasteiger partial charge in [0.05, 0.1) is 0 Å². The lowest BCUT2D eigenvalue weighted by Gasteiger charge is -2.13. The third kappa shape index (κ3) is 3.64. The number of hydrogen-bond donors (Lipinski definition) is 1. The molecule has 1 atom stereocenters. The van der Waals surface area contributed by atoms with E-state index in [1.54, 1.807) is 0 Å².